The van der Waals surface area contributed by atoms with E-state index in [2.05, 4.69) is 10.3 Å². The first-order valence-electron chi connectivity index (χ1n) is 7.45. The Morgan fingerprint density at radius 3 is 2.64 bits per heavy atom. The summed E-state index contributed by atoms with van der Waals surface area (Å²) in [6, 6.07) is 10.2. The lowest BCUT2D eigenvalue weighted by Crippen LogP contribution is -2.32. The normalized spacial score (nSPS) is 12.0. The molecule has 0 saturated heterocycles. The van der Waals surface area contributed by atoms with Gasteiger partial charge in [0.1, 0.15) is 17.7 Å². The van der Waals surface area contributed by atoms with Gasteiger partial charge in [0.2, 0.25) is 0 Å². The maximum absolute atomic E-state index is 14.3. The quantitative estimate of drug-likeness (QED) is 0.732. The van der Waals surface area contributed by atoms with Crippen molar-refractivity contribution in [3.63, 3.8) is 0 Å². The van der Waals surface area contributed by atoms with E-state index in [0.29, 0.717) is 11.4 Å². The zero-order valence-corrected chi connectivity index (χ0v) is 14.7. The van der Waals surface area contributed by atoms with E-state index in [1.165, 1.54) is 6.07 Å². The van der Waals surface area contributed by atoms with Crippen molar-refractivity contribution in [2.45, 2.75) is 6.04 Å². The van der Waals surface area contributed by atoms with E-state index in [4.69, 9.17) is 23.2 Å². The Hall–Kier alpha value is -2.37. The third kappa shape index (κ3) is 3.52. The van der Waals surface area contributed by atoms with Gasteiger partial charge in [-0.2, -0.15) is 0 Å². The van der Waals surface area contributed by atoms with Gasteiger partial charge in [0, 0.05) is 25.0 Å². The number of aryl methyl sites for hydroxylation is 1. The number of carbonyl (C=O) groups excluding carboxylic acids is 1. The number of halogens is 3. The minimum absolute atomic E-state index is 0.147. The fraction of sp³-hybridized carbons (Fsp3) is 0.111. The van der Waals surface area contributed by atoms with Crippen LogP contribution in [0.5, 0.6) is 0 Å². The monoisotopic (exact) mass is 377 g/mol. The first-order chi connectivity index (χ1) is 12.0. The van der Waals surface area contributed by atoms with Crippen LogP contribution in [0.2, 0.25) is 10.0 Å². The summed E-state index contributed by atoms with van der Waals surface area (Å²) in [4.78, 5) is 16.9. The molecule has 0 saturated carbocycles. The summed E-state index contributed by atoms with van der Waals surface area (Å²) in [5.41, 5.74) is 0.521. The lowest BCUT2D eigenvalue weighted by Gasteiger charge is -2.20. The molecule has 0 aliphatic heterocycles. The second kappa shape index (κ2) is 7.25. The molecule has 1 unspecified atom stereocenters. The second-order valence-corrected chi connectivity index (χ2v) is 6.21. The lowest BCUT2D eigenvalue weighted by atomic mass is 10.0. The number of hydrogen-bond donors (Lipinski definition) is 1. The minimum atomic E-state index is -0.774. The number of nitrogens with zero attached hydrogens (tertiary/aromatic N) is 2. The van der Waals surface area contributed by atoms with E-state index < -0.39 is 17.8 Å². The second-order valence-electron chi connectivity index (χ2n) is 5.43. The summed E-state index contributed by atoms with van der Waals surface area (Å²) in [5.74, 6) is -0.409. The van der Waals surface area contributed by atoms with Crippen LogP contribution in [0.3, 0.4) is 0 Å². The zero-order valence-electron chi connectivity index (χ0n) is 13.2. The van der Waals surface area contributed by atoms with E-state index in [1.54, 1.807) is 60.4 Å². The molecule has 1 N–H and O–H groups in total. The molecule has 2 aromatic carbocycles. The summed E-state index contributed by atoms with van der Waals surface area (Å²) in [5, 5.41) is 3.22. The Bertz CT molecular complexity index is 926. The predicted molar refractivity (Wildman–Crippen MR) is 95.4 cm³/mol. The van der Waals surface area contributed by atoms with Crippen LogP contribution in [0.25, 0.3) is 0 Å². The molecule has 0 aliphatic carbocycles. The van der Waals surface area contributed by atoms with Crippen molar-refractivity contribution in [1.29, 1.82) is 0 Å². The summed E-state index contributed by atoms with van der Waals surface area (Å²) in [6.45, 7) is 0. The molecule has 128 valence electrons. The Balaban J connectivity index is 2.02. The van der Waals surface area contributed by atoms with Gasteiger partial charge >= 0.3 is 0 Å². The third-order valence-corrected chi connectivity index (χ3v) is 4.62. The number of benzene rings is 2. The SMILES string of the molecule is Cn1ccnc1C(NC(=O)c1cccc(Cl)c1Cl)c1ccccc1F. The highest BCUT2D eigenvalue weighted by Gasteiger charge is 2.25. The maximum atomic E-state index is 14.3. The third-order valence-electron chi connectivity index (χ3n) is 3.80. The largest absolute Gasteiger partial charge is 0.338 e. The molecule has 0 radical (unpaired) electrons. The van der Waals surface area contributed by atoms with Crippen LogP contribution in [-0.4, -0.2) is 15.5 Å². The molecular weight excluding hydrogens is 364 g/mol. The van der Waals surface area contributed by atoms with Crippen LogP contribution in [0.1, 0.15) is 27.8 Å². The molecule has 25 heavy (non-hydrogen) atoms. The molecule has 0 aliphatic rings. The smallest absolute Gasteiger partial charge is 0.253 e. The summed E-state index contributed by atoms with van der Waals surface area (Å²) >= 11 is 12.1. The molecular formula is C18H14Cl2FN3O. The highest BCUT2D eigenvalue weighted by Crippen LogP contribution is 2.28. The van der Waals surface area contributed by atoms with Crippen molar-refractivity contribution in [3.8, 4) is 0 Å². The van der Waals surface area contributed by atoms with Crippen molar-refractivity contribution < 1.29 is 9.18 Å². The molecule has 0 bridgehead atoms. The van der Waals surface area contributed by atoms with Gasteiger partial charge in [-0.1, -0.05) is 47.5 Å². The zero-order chi connectivity index (χ0) is 18.0. The molecule has 1 atom stereocenters. The predicted octanol–water partition coefficient (Wildman–Crippen LogP) is 4.39. The van der Waals surface area contributed by atoms with Gasteiger partial charge in [-0.25, -0.2) is 9.37 Å². The average Bonchev–Trinajstić information content (AvgIpc) is 3.01. The minimum Gasteiger partial charge on any atom is -0.338 e. The molecule has 4 nitrogen and oxygen atoms in total. The number of carbonyl (C=O) groups is 1. The summed E-state index contributed by atoms with van der Waals surface area (Å²) in [7, 11) is 1.77. The van der Waals surface area contributed by atoms with Gasteiger partial charge in [-0.05, 0) is 18.2 Å². The standard InChI is InChI=1S/C18H14Cl2FN3O/c1-24-10-9-22-17(24)16(11-5-2-3-8-14(11)21)23-18(25)12-6-4-7-13(19)15(12)20/h2-10,16H,1H3,(H,23,25). The first kappa shape index (κ1) is 17.5. The average molecular weight is 378 g/mol. The molecule has 3 aromatic rings. The molecule has 3 rings (SSSR count). The van der Waals surface area contributed by atoms with Crippen LogP contribution < -0.4 is 5.32 Å². The number of imidazole rings is 1. The van der Waals surface area contributed by atoms with Crippen molar-refractivity contribution >= 4 is 29.1 Å². The Morgan fingerprint density at radius 1 is 1.20 bits per heavy atom. The van der Waals surface area contributed by atoms with Gasteiger partial charge in [0.15, 0.2) is 0 Å². The number of nitrogens with one attached hydrogen (secondary N) is 1. The van der Waals surface area contributed by atoms with Crippen LogP contribution in [0, 0.1) is 5.82 Å². The number of amides is 1. The fourth-order valence-electron chi connectivity index (χ4n) is 2.53. The van der Waals surface area contributed by atoms with Crippen LogP contribution in [0.4, 0.5) is 4.39 Å². The van der Waals surface area contributed by atoms with Crippen molar-refractivity contribution in [3.05, 3.63) is 87.7 Å². The molecule has 0 spiro atoms. The lowest BCUT2D eigenvalue weighted by molar-refractivity contribution is 0.0941. The molecule has 7 heteroatoms. The van der Waals surface area contributed by atoms with Crippen LogP contribution >= 0.6 is 23.2 Å². The van der Waals surface area contributed by atoms with Crippen molar-refractivity contribution in [1.82, 2.24) is 14.9 Å². The van der Waals surface area contributed by atoms with Gasteiger partial charge < -0.3 is 9.88 Å². The number of hydrogen-bond acceptors (Lipinski definition) is 2. The molecule has 1 aromatic heterocycles. The number of rotatable bonds is 4. The van der Waals surface area contributed by atoms with Crippen LogP contribution in [-0.2, 0) is 7.05 Å². The summed E-state index contributed by atoms with van der Waals surface area (Å²) in [6.07, 6.45) is 3.31. The van der Waals surface area contributed by atoms with E-state index in [9.17, 15) is 9.18 Å². The molecule has 0 fully saturated rings. The highest BCUT2D eigenvalue weighted by molar-refractivity contribution is 6.43. The Labute approximate surface area is 154 Å². The Morgan fingerprint density at radius 2 is 1.96 bits per heavy atom. The molecule has 1 amide bonds. The van der Waals surface area contributed by atoms with Gasteiger partial charge in [0.25, 0.3) is 5.91 Å². The maximum Gasteiger partial charge on any atom is 0.253 e. The van der Waals surface area contributed by atoms with Crippen LogP contribution in [0.15, 0.2) is 54.9 Å². The van der Waals surface area contributed by atoms with Crippen molar-refractivity contribution in [2.75, 3.05) is 0 Å². The van der Waals surface area contributed by atoms with E-state index in [1.807, 2.05) is 0 Å². The topological polar surface area (TPSA) is 46.9 Å². The van der Waals surface area contributed by atoms with Crippen molar-refractivity contribution in [2.24, 2.45) is 7.05 Å². The molecule has 1 heterocycles. The highest BCUT2D eigenvalue weighted by atomic mass is 35.5. The van der Waals surface area contributed by atoms with Gasteiger partial charge in [0.05, 0.1) is 15.6 Å². The Kier molecular flexibility index (Phi) is 5.06. The van der Waals surface area contributed by atoms with Gasteiger partial charge in [-0.3, -0.25) is 4.79 Å². The van der Waals surface area contributed by atoms with E-state index >= 15 is 0 Å². The fourth-order valence-corrected chi connectivity index (χ4v) is 2.92. The summed E-state index contributed by atoms with van der Waals surface area (Å²) < 4.78 is 16.0. The van der Waals surface area contributed by atoms with E-state index in [-0.39, 0.29) is 15.6 Å². The van der Waals surface area contributed by atoms with E-state index in [0.717, 1.165) is 0 Å². The first-order valence-corrected chi connectivity index (χ1v) is 8.21. The van der Waals surface area contributed by atoms with Gasteiger partial charge in [-0.15, -0.1) is 0 Å². The number of aromatic nitrogens is 2.